The smallest absolute Gasteiger partial charge is 0.348 e. The summed E-state index contributed by atoms with van der Waals surface area (Å²) in [6.07, 6.45) is -6.23. The zero-order chi connectivity index (χ0) is 30.8. The fourth-order valence-corrected chi connectivity index (χ4v) is 5.41. The Hall–Kier alpha value is -4.70. The fourth-order valence-electron chi connectivity index (χ4n) is 5.24. The Bertz CT molecular complexity index is 1770. The summed E-state index contributed by atoms with van der Waals surface area (Å²) < 4.78 is 28.0. The summed E-state index contributed by atoms with van der Waals surface area (Å²) >= 11 is 5.86. The predicted molar refractivity (Wildman–Crippen MR) is 144 cm³/mol. The number of imidazole rings is 1. The number of nitrogen functional groups attached to an aromatic ring is 1. The summed E-state index contributed by atoms with van der Waals surface area (Å²) in [6, 6.07) is 12.2. The quantitative estimate of drug-likeness (QED) is 0.135. The second-order valence-corrected chi connectivity index (χ2v) is 10.5. The Morgan fingerprint density at radius 1 is 1.05 bits per heavy atom. The van der Waals surface area contributed by atoms with Gasteiger partial charge in [-0.1, -0.05) is 36.4 Å². The number of hydrogen-bond acceptors (Lipinski definition) is 10. The molecule has 1 saturated carbocycles. The first-order valence-corrected chi connectivity index (χ1v) is 13.0. The number of aliphatic hydroxyl groups is 1. The van der Waals surface area contributed by atoms with Crippen molar-refractivity contribution in [2.45, 2.75) is 42.2 Å². The van der Waals surface area contributed by atoms with Gasteiger partial charge in [0.2, 0.25) is 5.28 Å². The highest BCUT2D eigenvalue weighted by molar-refractivity contribution is 6.28. The van der Waals surface area contributed by atoms with E-state index in [1.807, 2.05) is 0 Å². The van der Waals surface area contributed by atoms with Gasteiger partial charge in [0, 0.05) is 6.42 Å². The Labute approximate surface area is 245 Å². The molecule has 43 heavy (non-hydrogen) atoms. The van der Waals surface area contributed by atoms with Crippen LogP contribution in [0, 0.1) is 0 Å². The molecule has 2 fully saturated rings. The summed E-state index contributed by atoms with van der Waals surface area (Å²) in [7, 11) is 0. The Morgan fingerprint density at radius 2 is 1.65 bits per heavy atom. The van der Waals surface area contributed by atoms with Crippen molar-refractivity contribution in [2.75, 3.05) is 5.73 Å². The van der Waals surface area contributed by atoms with E-state index in [2.05, 4.69) is 15.0 Å². The van der Waals surface area contributed by atoms with E-state index in [0.717, 1.165) is 10.9 Å². The molecule has 0 amide bonds. The van der Waals surface area contributed by atoms with Gasteiger partial charge in [0.1, 0.15) is 17.7 Å². The molecule has 2 aromatic heterocycles. The molecular formula is C27H21ClFN5O9. The van der Waals surface area contributed by atoms with Crippen LogP contribution in [0.15, 0.2) is 54.9 Å². The van der Waals surface area contributed by atoms with Gasteiger partial charge in [-0.15, -0.1) is 0 Å². The maximum atomic E-state index is 15.7. The molecule has 2 aliphatic rings. The number of anilines is 1. The Morgan fingerprint density at radius 3 is 2.19 bits per heavy atom. The van der Waals surface area contributed by atoms with Crippen LogP contribution in [0.4, 0.5) is 10.2 Å². The monoisotopic (exact) mass is 613 g/mol. The highest BCUT2D eigenvalue weighted by atomic mass is 35.5. The first-order valence-electron chi connectivity index (χ1n) is 12.6. The molecule has 3 heterocycles. The number of carbonyl (C=O) groups is 3. The molecular weight excluding hydrogens is 593 g/mol. The highest BCUT2D eigenvalue weighted by Crippen LogP contribution is 2.58. The van der Waals surface area contributed by atoms with Crippen LogP contribution < -0.4 is 5.73 Å². The van der Waals surface area contributed by atoms with E-state index in [9.17, 15) is 29.7 Å². The topological polar surface area (TPSA) is 220 Å². The number of carboxylic acid groups (broad SMARTS) is 3. The molecule has 14 nitrogen and oxygen atoms in total. The second-order valence-electron chi connectivity index (χ2n) is 10.2. The number of aliphatic carboxylic acids is 2. The number of hydrogen-bond donors (Lipinski definition) is 5. The van der Waals surface area contributed by atoms with Gasteiger partial charge in [-0.05, 0) is 40.4 Å². The van der Waals surface area contributed by atoms with Crippen LogP contribution in [0.5, 0.6) is 0 Å². The maximum absolute atomic E-state index is 15.7. The summed E-state index contributed by atoms with van der Waals surface area (Å²) in [4.78, 5) is 47.6. The van der Waals surface area contributed by atoms with Crippen molar-refractivity contribution in [3.63, 3.8) is 0 Å². The molecule has 1 unspecified atom stereocenters. The molecule has 0 bridgehead atoms. The average molecular weight is 614 g/mol. The molecule has 6 rings (SSSR count). The predicted octanol–water partition coefficient (Wildman–Crippen LogP) is 1.94. The number of aromatic nitrogens is 4. The molecule has 1 saturated heterocycles. The van der Waals surface area contributed by atoms with Crippen molar-refractivity contribution in [2.24, 2.45) is 0 Å². The zero-order valence-corrected chi connectivity index (χ0v) is 22.4. The van der Waals surface area contributed by atoms with Crippen molar-refractivity contribution in [1.82, 2.24) is 19.5 Å². The standard InChI is InChI=1S/C27H21ClFN5O9/c28-25-32-19(30)15-20(33-25)34(10-31-15)21-16(29)27(41)17(42-21)18(27)43-26(23(37)38,24(39)40)9-11-1-3-12(4-2-11)13-5-7-14(8-6-13)22(35)36/h1-8,10,16-18,21,41H,9H2,(H,35,36)(H,37,38)(H,39,40)(H2,30,32,33)/t16-,17-,18?,21-,27+/m1/s1. The van der Waals surface area contributed by atoms with Crippen LogP contribution >= 0.6 is 11.6 Å². The van der Waals surface area contributed by atoms with Crippen LogP contribution in [0.25, 0.3) is 22.3 Å². The number of benzene rings is 2. The van der Waals surface area contributed by atoms with Crippen molar-refractivity contribution >= 4 is 46.5 Å². The number of ether oxygens (including phenoxy) is 2. The lowest BCUT2D eigenvalue weighted by atomic mass is 9.92. The largest absolute Gasteiger partial charge is 0.479 e. The highest BCUT2D eigenvalue weighted by Gasteiger charge is 2.80. The number of aromatic carboxylic acids is 1. The van der Waals surface area contributed by atoms with Crippen molar-refractivity contribution < 1.29 is 48.7 Å². The molecule has 1 aliphatic heterocycles. The molecule has 0 radical (unpaired) electrons. The number of carboxylic acids is 3. The van der Waals surface area contributed by atoms with Gasteiger partial charge in [-0.25, -0.2) is 23.8 Å². The third-order valence-electron chi connectivity index (χ3n) is 7.64. The molecule has 16 heteroatoms. The molecule has 5 atom stereocenters. The number of nitrogens with two attached hydrogens (primary N) is 1. The summed E-state index contributed by atoms with van der Waals surface area (Å²) in [5.41, 5.74) is 2.34. The number of alkyl halides is 1. The third kappa shape index (κ3) is 4.44. The lowest BCUT2D eigenvalue weighted by molar-refractivity contribution is -0.194. The number of fused-ring (bicyclic) bond motifs is 2. The Balaban J connectivity index is 1.22. The van der Waals surface area contributed by atoms with E-state index in [-0.39, 0.29) is 33.4 Å². The number of halogens is 2. The van der Waals surface area contributed by atoms with Crippen LogP contribution in [-0.2, 0) is 25.5 Å². The Kier molecular flexibility index (Phi) is 6.57. The molecule has 1 aliphatic carbocycles. The van der Waals surface area contributed by atoms with Crippen molar-refractivity contribution in [3.05, 3.63) is 71.3 Å². The first kappa shape index (κ1) is 28.4. The zero-order valence-electron chi connectivity index (χ0n) is 21.7. The minimum atomic E-state index is -2.90. The van der Waals surface area contributed by atoms with E-state index < -0.39 is 60.1 Å². The SMILES string of the molecule is Nc1nc(Cl)nc2c1ncn2[C@@H]1O[C@@H]2C(OC(Cc3ccc(-c4ccc(C(=O)O)cc4)cc3)(C(=O)O)C(=O)O)[C@]2(O)[C@@H]1F. The molecule has 4 aromatic rings. The van der Waals surface area contributed by atoms with Gasteiger partial charge in [0.15, 0.2) is 29.5 Å². The summed E-state index contributed by atoms with van der Waals surface area (Å²) in [6.45, 7) is 0. The van der Waals surface area contributed by atoms with E-state index in [4.69, 9.17) is 31.9 Å². The first-order chi connectivity index (χ1) is 20.4. The molecule has 0 spiro atoms. The molecule has 2 aromatic carbocycles. The number of nitrogens with zero attached hydrogens (tertiary/aromatic N) is 4. The van der Waals surface area contributed by atoms with Gasteiger partial charge < -0.3 is 35.6 Å². The van der Waals surface area contributed by atoms with Gasteiger partial charge >= 0.3 is 17.9 Å². The van der Waals surface area contributed by atoms with Gasteiger partial charge in [-0.3, -0.25) is 4.57 Å². The lowest BCUT2D eigenvalue weighted by Crippen LogP contribution is -2.53. The third-order valence-corrected chi connectivity index (χ3v) is 7.81. The maximum Gasteiger partial charge on any atom is 0.348 e. The fraction of sp³-hybridized carbons (Fsp3) is 0.259. The van der Waals surface area contributed by atoms with Crippen LogP contribution in [0.1, 0.15) is 22.1 Å². The summed E-state index contributed by atoms with van der Waals surface area (Å²) in [5, 5.41) is 39.9. The van der Waals surface area contributed by atoms with Gasteiger partial charge in [0.05, 0.1) is 11.9 Å². The van der Waals surface area contributed by atoms with E-state index in [1.54, 1.807) is 24.3 Å². The van der Waals surface area contributed by atoms with Crippen LogP contribution in [-0.4, -0.2) is 87.4 Å². The number of rotatable bonds is 9. The molecule has 222 valence electrons. The van der Waals surface area contributed by atoms with Crippen LogP contribution in [0.3, 0.4) is 0 Å². The van der Waals surface area contributed by atoms with Gasteiger partial charge in [0.25, 0.3) is 5.60 Å². The minimum absolute atomic E-state index is 0.0270. The summed E-state index contributed by atoms with van der Waals surface area (Å²) in [5.74, 6) is -4.87. The van der Waals surface area contributed by atoms with E-state index in [0.29, 0.717) is 11.1 Å². The minimum Gasteiger partial charge on any atom is -0.479 e. The van der Waals surface area contributed by atoms with Crippen molar-refractivity contribution in [1.29, 1.82) is 0 Å². The van der Waals surface area contributed by atoms with Gasteiger partial charge in [-0.2, -0.15) is 9.97 Å². The molecule has 6 N–H and O–H groups in total. The normalized spacial score (nSPS) is 24.5. The average Bonchev–Trinajstić information content (AvgIpc) is 3.20. The van der Waals surface area contributed by atoms with Crippen LogP contribution in [0.2, 0.25) is 5.28 Å². The van der Waals surface area contributed by atoms with E-state index >= 15 is 4.39 Å². The van der Waals surface area contributed by atoms with Crippen molar-refractivity contribution in [3.8, 4) is 11.1 Å². The lowest BCUT2D eigenvalue weighted by Gasteiger charge is -2.29. The second kappa shape index (κ2) is 9.95. The van der Waals surface area contributed by atoms with E-state index in [1.165, 1.54) is 24.3 Å².